The van der Waals surface area contributed by atoms with Crippen molar-refractivity contribution in [3.63, 3.8) is 0 Å². The number of nitrogens with one attached hydrogen (secondary N) is 1. The molecule has 98 valence electrons. The van der Waals surface area contributed by atoms with Crippen LogP contribution < -0.4 is 5.32 Å². The predicted octanol–water partition coefficient (Wildman–Crippen LogP) is 2.23. The topological polar surface area (TPSA) is 28.2 Å². The third-order valence-electron chi connectivity index (χ3n) is 3.65. The number of pyridine rings is 1. The van der Waals surface area contributed by atoms with Crippen molar-refractivity contribution in [3.8, 4) is 0 Å². The van der Waals surface area contributed by atoms with Crippen LogP contribution in [0.4, 0.5) is 0 Å². The Morgan fingerprint density at radius 1 is 1.16 bits per heavy atom. The van der Waals surface area contributed by atoms with Crippen molar-refractivity contribution in [1.82, 2.24) is 15.2 Å². The highest BCUT2D eigenvalue weighted by Crippen LogP contribution is 2.23. The summed E-state index contributed by atoms with van der Waals surface area (Å²) < 4.78 is 0. The molecule has 1 N–H and O–H groups in total. The number of rotatable bonds is 3. The lowest BCUT2D eigenvalue weighted by Gasteiger charge is -2.36. The van der Waals surface area contributed by atoms with Gasteiger partial charge in [-0.05, 0) is 17.2 Å². The summed E-state index contributed by atoms with van der Waals surface area (Å²) in [6, 6.07) is 15.4. The van der Waals surface area contributed by atoms with Gasteiger partial charge in [-0.2, -0.15) is 0 Å². The van der Waals surface area contributed by atoms with Gasteiger partial charge in [-0.25, -0.2) is 0 Å². The summed E-state index contributed by atoms with van der Waals surface area (Å²) >= 11 is 0. The molecule has 3 rings (SSSR count). The molecule has 2 heterocycles. The first-order chi connectivity index (χ1) is 9.43. The Labute approximate surface area is 114 Å². The first-order valence-corrected chi connectivity index (χ1v) is 6.82. The van der Waals surface area contributed by atoms with Crippen molar-refractivity contribution >= 4 is 0 Å². The fourth-order valence-corrected chi connectivity index (χ4v) is 2.67. The van der Waals surface area contributed by atoms with E-state index >= 15 is 0 Å². The normalized spacial score (nSPS) is 20.3. The molecule has 1 fully saturated rings. The molecule has 1 aromatic heterocycles. The van der Waals surface area contributed by atoms with E-state index in [1.807, 2.05) is 18.5 Å². The lowest BCUT2D eigenvalue weighted by atomic mass is 10.0. The summed E-state index contributed by atoms with van der Waals surface area (Å²) in [5.74, 6) is 0. The van der Waals surface area contributed by atoms with Crippen LogP contribution in [-0.2, 0) is 6.54 Å². The zero-order chi connectivity index (χ0) is 12.9. The SMILES string of the molecule is c1ccc(C2CNCCN2Cc2cccnc2)cc1. The molecule has 0 aliphatic carbocycles. The van der Waals surface area contributed by atoms with Gasteiger partial charge in [0.25, 0.3) is 0 Å². The molecule has 0 radical (unpaired) electrons. The number of hydrogen-bond acceptors (Lipinski definition) is 3. The van der Waals surface area contributed by atoms with Gasteiger partial charge in [-0.3, -0.25) is 9.88 Å². The van der Waals surface area contributed by atoms with Crippen LogP contribution in [0.2, 0.25) is 0 Å². The van der Waals surface area contributed by atoms with Gasteiger partial charge in [0.15, 0.2) is 0 Å². The summed E-state index contributed by atoms with van der Waals surface area (Å²) in [7, 11) is 0. The molecular weight excluding hydrogens is 234 g/mol. The van der Waals surface area contributed by atoms with Gasteiger partial charge >= 0.3 is 0 Å². The molecule has 0 saturated carbocycles. The molecule has 1 aliphatic heterocycles. The van der Waals surface area contributed by atoms with E-state index in [9.17, 15) is 0 Å². The zero-order valence-corrected chi connectivity index (χ0v) is 11.0. The lowest BCUT2D eigenvalue weighted by molar-refractivity contribution is 0.153. The minimum Gasteiger partial charge on any atom is -0.314 e. The molecule has 3 heteroatoms. The van der Waals surface area contributed by atoms with Crippen LogP contribution in [0.1, 0.15) is 17.2 Å². The molecule has 0 bridgehead atoms. The standard InChI is InChI=1S/C16H19N3/c1-2-6-15(7-3-1)16-12-18-9-10-19(16)13-14-5-4-8-17-11-14/h1-8,11,16,18H,9-10,12-13H2. The maximum Gasteiger partial charge on any atom is 0.0476 e. The maximum atomic E-state index is 4.21. The van der Waals surface area contributed by atoms with E-state index in [4.69, 9.17) is 0 Å². The van der Waals surface area contributed by atoms with Gasteiger partial charge in [-0.15, -0.1) is 0 Å². The zero-order valence-electron chi connectivity index (χ0n) is 11.0. The molecule has 3 nitrogen and oxygen atoms in total. The summed E-state index contributed by atoms with van der Waals surface area (Å²) in [6.07, 6.45) is 3.79. The summed E-state index contributed by atoms with van der Waals surface area (Å²) in [5, 5.41) is 3.49. The predicted molar refractivity (Wildman–Crippen MR) is 76.7 cm³/mol. The van der Waals surface area contributed by atoms with Crippen molar-refractivity contribution in [2.24, 2.45) is 0 Å². The molecule has 19 heavy (non-hydrogen) atoms. The number of aromatic nitrogens is 1. The van der Waals surface area contributed by atoms with Crippen LogP contribution in [0.5, 0.6) is 0 Å². The summed E-state index contributed by atoms with van der Waals surface area (Å²) in [4.78, 5) is 6.74. The Morgan fingerprint density at radius 3 is 2.84 bits per heavy atom. The Kier molecular flexibility index (Phi) is 3.86. The second-order valence-electron chi connectivity index (χ2n) is 4.96. The fraction of sp³-hybridized carbons (Fsp3) is 0.312. The van der Waals surface area contributed by atoms with E-state index in [0.717, 1.165) is 26.2 Å². The van der Waals surface area contributed by atoms with E-state index in [1.54, 1.807) is 0 Å². The highest BCUT2D eigenvalue weighted by atomic mass is 15.2. The van der Waals surface area contributed by atoms with Gasteiger partial charge in [0.1, 0.15) is 0 Å². The summed E-state index contributed by atoms with van der Waals surface area (Å²) in [6.45, 7) is 4.12. The molecule has 0 spiro atoms. The average Bonchev–Trinajstić information content (AvgIpc) is 2.50. The Hall–Kier alpha value is -1.71. The van der Waals surface area contributed by atoms with Crippen LogP contribution in [0.25, 0.3) is 0 Å². The lowest BCUT2D eigenvalue weighted by Crippen LogP contribution is -2.45. The molecule has 1 unspecified atom stereocenters. The van der Waals surface area contributed by atoms with E-state index in [2.05, 4.69) is 51.6 Å². The van der Waals surface area contributed by atoms with Crippen LogP contribution in [0.3, 0.4) is 0 Å². The van der Waals surface area contributed by atoms with E-state index in [-0.39, 0.29) is 0 Å². The third-order valence-corrected chi connectivity index (χ3v) is 3.65. The minimum absolute atomic E-state index is 0.454. The molecule has 1 saturated heterocycles. The maximum absolute atomic E-state index is 4.21. The fourth-order valence-electron chi connectivity index (χ4n) is 2.67. The smallest absolute Gasteiger partial charge is 0.0476 e. The average molecular weight is 253 g/mol. The Morgan fingerprint density at radius 2 is 2.05 bits per heavy atom. The van der Waals surface area contributed by atoms with Gasteiger partial charge < -0.3 is 5.32 Å². The number of nitrogens with zero attached hydrogens (tertiary/aromatic N) is 2. The van der Waals surface area contributed by atoms with Gasteiger partial charge in [-0.1, -0.05) is 36.4 Å². The van der Waals surface area contributed by atoms with E-state index in [1.165, 1.54) is 11.1 Å². The number of hydrogen-bond donors (Lipinski definition) is 1. The highest BCUT2D eigenvalue weighted by molar-refractivity contribution is 5.20. The van der Waals surface area contributed by atoms with Crippen molar-refractivity contribution in [3.05, 3.63) is 66.0 Å². The minimum atomic E-state index is 0.454. The molecule has 1 aromatic carbocycles. The van der Waals surface area contributed by atoms with E-state index in [0.29, 0.717) is 6.04 Å². The Balaban J connectivity index is 1.78. The van der Waals surface area contributed by atoms with Gasteiger partial charge in [0, 0.05) is 44.6 Å². The molecular formula is C16H19N3. The van der Waals surface area contributed by atoms with Gasteiger partial charge in [0.2, 0.25) is 0 Å². The van der Waals surface area contributed by atoms with Crippen LogP contribution in [0, 0.1) is 0 Å². The first-order valence-electron chi connectivity index (χ1n) is 6.82. The largest absolute Gasteiger partial charge is 0.314 e. The van der Waals surface area contributed by atoms with Crippen molar-refractivity contribution < 1.29 is 0 Å². The summed E-state index contributed by atoms with van der Waals surface area (Å²) in [5.41, 5.74) is 2.67. The van der Waals surface area contributed by atoms with Crippen molar-refractivity contribution in [2.45, 2.75) is 12.6 Å². The Bertz CT molecular complexity index is 498. The molecule has 2 aromatic rings. The van der Waals surface area contributed by atoms with Crippen molar-refractivity contribution in [1.29, 1.82) is 0 Å². The molecule has 0 amide bonds. The molecule has 1 aliphatic rings. The van der Waals surface area contributed by atoms with Crippen LogP contribution in [0.15, 0.2) is 54.9 Å². The molecule has 1 atom stereocenters. The van der Waals surface area contributed by atoms with Gasteiger partial charge in [0.05, 0.1) is 0 Å². The second-order valence-corrected chi connectivity index (χ2v) is 4.96. The quantitative estimate of drug-likeness (QED) is 0.909. The van der Waals surface area contributed by atoms with Crippen molar-refractivity contribution in [2.75, 3.05) is 19.6 Å². The number of benzene rings is 1. The first kappa shape index (κ1) is 12.3. The van der Waals surface area contributed by atoms with Crippen LogP contribution >= 0.6 is 0 Å². The number of piperazine rings is 1. The monoisotopic (exact) mass is 253 g/mol. The second kappa shape index (κ2) is 5.95. The third kappa shape index (κ3) is 3.00. The van der Waals surface area contributed by atoms with E-state index < -0.39 is 0 Å². The van der Waals surface area contributed by atoms with Crippen LogP contribution in [-0.4, -0.2) is 29.5 Å². The highest BCUT2D eigenvalue weighted by Gasteiger charge is 2.23.